The molecule has 19 heavy (non-hydrogen) atoms. The molecule has 0 amide bonds. The lowest BCUT2D eigenvalue weighted by atomic mass is 9.90. The number of nitrogens with zero attached hydrogens (tertiary/aromatic N) is 1. The maximum atomic E-state index is 13.1. The molecule has 1 aromatic carbocycles. The minimum Gasteiger partial charge on any atom is -0.385 e. The summed E-state index contributed by atoms with van der Waals surface area (Å²) in [7, 11) is 0. The smallest absolute Gasteiger partial charge is 0.141 e. The summed E-state index contributed by atoms with van der Waals surface area (Å²) >= 11 is 0. The molecule has 1 atom stereocenters. The van der Waals surface area contributed by atoms with Gasteiger partial charge < -0.3 is 5.11 Å². The summed E-state index contributed by atoms with van der Waals surface area (Å²) in [5.74, 6) is -2.02. The van der Waals surface area contributed by atoms with Gasteiger partial charge in [0.2, 0.25) is 0 Å². The Morgan fingerprint density at radius 1 is 1.00 bits per heavy atom. The summed E-state index contributed by atoms with van der Waals surface area (Å²) in [5.41, 5.74) is -0.932. The lowest BCUT2D eigenvalue weighted by Crippen LogP contribution is -2.24. The van der Waals surface area contributed by atoms with Crippen LogP contribution < -0.4 is 0 Å². The molecule has 0 bridgehead atoms. The van der Waals surface area contributed by atoms with Crippen LogP contribution >= 0.6 is 0 Å². The third-order valence-electron chi connectivity index (χ3n) is 2.80. The SMILES string of the molecule is CC(O)(Cc1cc(F)cc(F)c1)c1cncc(F)c1. The second-order valence-electron chi connectivity index (χ2n) is 4.62. The van der Waals surface area contributed by atoms with E-state index in [4.69, 9.17) is 0 Å². The second kappa shape index (κ2) is 5.01. The Hall–Kier alpha value is -1.88. The van der Waals surface area contributed by atoms with Gasteiger partial charge in [0, 0.05) is 24.2 Å². The first-order chi connectivity index (χ1) is 8.87. The number of aromatic nitrogens is 1. The largest absolute Gasteiger partial charge is 0.385 e. The molecule has 0 radical (unpaired) electrons. The lowest BCUT2D eigenvalue weighted by molar-refractivity contribution is 0.0568. The molecule has 1 unspecified atom stereocenters. The van der Waals surface area contributed by atoms with Crippen LogP contribution in [0, 0.1) is 17.5 Å². The summed E-state index contributed by atoms with van der Waals surface area (Å²) < 4.78 is 39.2. The molecule has 0 aliphatic rings. The maximum absolute atomic E-state index is 13.1. The van der Waals surface area contributed by atoms with Gasteiger partial charge in [-0.3, -0.25) is 4.98 Å². The van der Waals surface area contributed by atoms with Gasteiger partial charge in [-0.25, -0.2) is 13.2 Å². The molecule has 0 saturated heterocycles. The molecule has 1 N–H and O–H groups in total. The Balaban J connectivity index is 2.30. The van der Waals surface area contributed by atoms with Crippen molar-refractivity contribution in [3.8, 4) is 0 Å². The van der Waals surface area contributed by atoms with Crippen LogP contribution in [-0.4, -0.2) is 10.1 Å². The number of hydrogen-bond acceptors (Lipinski definition) is 2. The maximum Gasteiger partial charge on any atom is 0.141 e. The van der Waals surface area contributed by atoms with Crippen molar-refractivity contribution in [3.63, 3.8) is 0 Å². The van der Waals surface area contributed by atoms with E-state index < -0.39 is 23.1 Å². The van der Waals surface area contributed by atoms with Crippen LogP contribution in [0.1, 0.15) is 18.1 Å². The van der Waals surface area contributed by atoms with E-state index in [2.05, 4.69) is 4.98 Å². The summed E-state index contributed by atoms with van der Waals surface area (Å²) in [5, 5.41) is 10.3. The number of rotatable bonds is 3. The number of benzene rings is 1. The highest BCUT2D eigenvalue weighted by atomic mass is 19.1. The van der Waals surface area contributed by atoms with Crippen molar-refractivity contribution in [1.29, 1.82) is 0 Å². The number of pyridine rings is 1. The van der Waals surface area contributed by atoms with E-state index in [1.54, 1.807) is 0 Å². The summed E-state index contributed by atoms with van der Waals surface area (Å²) in [6, 6.07) is 4.15. The van der Waals surface area contributed by atoms with Gasteiger partial charge in [-0.1, -0.05) is 0 Å². The van der Waals surface area contributed by atoms with Crippen molar-refractivity contribution in [2.24, 2.45) is 0 Å². The molecular weight excluding hydrogens is 255 g/mol. The fraction of sp³-hybridized carbons (Fsp3) is 0.214. The zero-order valence-corrected chi connectivity index (χ0v) is 10.2. The topological polar surface area (TPSA) is 33.1 Å². The molecule has 2 aromatic rings. The van der Waals surface area contributed by atoms with Crippen LogP contribution in [0.3, 0.4) is 0 Å². The third-order valence-corrected chi connectivity index (χ3v) is 2.80. The Morgan fingerprint density at radius 3 is 2.21 bits per heavy atom. The summed E-state index contributed by atoms with van der Waals surface area (Å²) in [4.78, 5) is 3.64. The second-order valence-corrected chi connectivity index (χ2v) is 4.62. The molecule has 0 fully saturated rings. The molecule has 2 rings (SSSR count). The zero-order chi connectivity index (χ0) is 14.0. The molecule has 1 aromatic heterocycles. The van der Waals surface area contributed by atoms with Crippen LogP contribution in [0.15, 0.2) is 36.7 Å². The van der Waals surface area contributed by atoms with E-state index in [0.29, 0.717) is 0 Å². The highest BCUT2D eigenvalue weighted by molar-refractivity contribution is 5.25. The van der Waals surface area contributed by atoms with Gasteiger partial charge in [0.05, 0.1) is 11.8 Å². The molecule has 0 saturated carbocycles. The molecule has 0 aliphatic carbocycles. The van der Waals surface area contributed by atoms with Crippen molar-refractivity contribution in [2.75, 3.05) is 0 Å². The first-order valence-electron chi connectivity index (χ1n) is 5.65. The van der Waals surface area contributed by atoms with Gasteiger partial charge in [-0.05, 0) is 30.7 Å². The molecule has 0 spiro atoms. The van der Waals surface area contributed by atoms with E-state index in [1.807, 2.05) is 0 Å². The average Bonchev–Trinajstić information content (AvgIpc) is 2.26. The predicted molar refractivity (Wildman–Crippen MR) is 63.8 cm³/mol. The Labute approximate surface area is 108 Å². The van der Waals surface area contributed by atoms with Gasteiger partial charge >= 0.3 is 0 Å². The molecule has 2 nitrogen and oxygen atoms in total. The molecular formula is C14H12F3NO. The highest BCUT2D eigenvalue weighted by Crippen LogP contribution is 2.25. The van der Waals surface area contributed by atoms with Gasteiger partial charge in [-0.2, -0.15) is 0 Å². The molecule has 5 heteroatoms. The zero-order valence-electron chi connectivity index (χ0n) is 10.2. The Morgan fingerprint density at radius 2 is 1.63 bits per heavy atom. The summed E-state index contributed by atoms with van der Waals surface area (Å²) in [6.45, 7) is 1.44. The lowest BCUT2D eigenvalue weighted by Gasteiger charge is -2.23. The standard InChI is InChI=1S/C14H12F3NO/c1-14(19,10-4-13(17)8-18-7-10)6-9-2-11(15)5-12(16)3-9/h2-5,7-8,19H,6H2,1H3. The van der Waals surface area contributed by atoms with Crippen molar-refractivity contribution < 1.29 is 18.3 Å². The van der Waals surface area contributed by atoms with Crippen LogP contribution in [0.5, 0.6) is 0 Å². The van der Waals surface area contributed by atoms with Crippen LogP contribution in [0.25, 0.3) is 0 Å². The van der Waals surface area contributed by atoms with Crippen molar-refractivity contribution in [3.05, 3.63) is 65.2 Å². The molecule has 1 heterocycles. The normalized spacial score (nSPS) is 14.2. The predicted octanol–water partition coefficient (Wildman–Crippen LogP) is 2.95. The van der Waals surface area contributed by atoms with Crippen LogP contribution in [0.4, 0.5) is 13.2 Å². The van der Waals surface area contributed by atoms with Gasteiger partial charge in [0.1, 0.15) is 17.5 Å². The highest BCUT2D eigenvalue weighted by Gasteiger charge is 2.25. The molecule has 100 valence electrons. The van der Waals surface area contributed by atoms with Crippen molar-refractivity contribution in [1.82, 2.24) is 4.98 Å². The quantitative estimate of drug-likeness (QED) is 0.927. The minimum absolute atomic E-state index is 0.0488. The number of aliphatic hydroxyl groups is 1. The van der Waals surface area contributed by atoms with Crippen LogP contribution in [0.2, 0.25) is 0 Å². The fourth-order valence-electron chi connectivity index (χ4n) is 1.92. The number of hydrogen-bond donors (Lipinski definition) is 1. The average molecular weight is 267 g/mol. The van der Waals surface area contributed by atoms with Crippen LogP contribution in [-0.2, 0) is 12.0 Å². The monoisotopic (exact) mass is 267 g/mol. The van der Waals surface area contributed by atoms with E-state index in [9.17, 15) is 18.3 Å². The van der Waals surface area contributed by atoms with Gasteiger partial charge in [0.25, 0.3) is 0 Å². The first-order valence-corrected chi connectivity index (χ1v) is 5.65. The van der Waals surface area contributed by atoms with E-state index in [0.717, 1.165) is 30.5 Å². The minimum atomic E-state index is -1.46. The van der Waals surface area contributed by atoms with E-state index in [1.165, 1.54) is 13.1 Å². The van der Waals surface area contributed by atoms with Crippen molar-refractivity contribution >= 4 is 0 Å². The summed E-state index contributed by atoms with van der Waals surface area (Å²) in [6.07, 6.45) is 2.28. The Bertz CT molecular complexity index is 579. The fourth-order valence-corrected chi connectivity index (χ4v) is 1.92. The van der Waals surface area contributed by atoms with Gasteiger partial charge in [-0.15, -0.1) is 0 Å². The number of halogens is 3. The first kappa shape index (κ1) is 13.5. The van der Waals surface area contributed by atoms with E-state index in [-0.39, 0.29) is 17.5 Å². The third kappa shape index (κ3) is 3.32. The Kier molecular flexibility index (Phi) is 3.57. The van der Waals surface area contributed by atoms with Gasteiger partial charge in [0.15, 0.2) is 0 Å². The van der Waals surface area contributed by atoms with Crippen molar-refractivity contribution in [2.45, 2.75) is 18.9 Å². The molecule has 0 aliphatic heterocycles. The van der Waals surface area contributed by atoms with E-state index >= 15 is 0 Å².